The van der Waals surface area contributed by atoms with Crippen molar-refractivity contribution in [3.05, 3.63) is 28.9 Å². The van der Waals surface area contributed by atoms with Gasteiger partial charge in [0.1, 0.15) is 17.0 Å². The van der Waals surface area contributed by atoms with Crippen molar-refractivity contribution in [3.8, 4) is 22.8 Å². The predicted octanol–water partition coefficient (Wildman–Crippen LogP) is 4.86. The van der Waals surface area contributed by atoms with Gasteiger partial charge in [0.2, 0.25) is 5.95 Å². The number of nitrogens with two attached hydrogens (primary N) is 1. The highest BCUT2D eigenvalue weighted by atomic mass is 35.5. The molecule has 0 spiro atoms. The number of halogens is 1. The molecule has 2 aromatic heterocycles. The molecule has 1 fully saturated rings. The van der Waals surface area contributed by atoms with Crippen molar-refractivity contribution in [1.29, 1.82) is 0 Å². The molecule has 1 aliphatic carbocycles. The monoisotopic (exact) mass is 427 g/mol. The van der Waals surface area contributed by atoms with Crippen LogP contribution in [0.4, 0.5) is 11.8 Å². The number of aromatic nitrogens is 3. The van der Waals surface area contributed by atoms with E-state index >= 15 is 0 Å². The Balaban J connectivity index is 1.86. The van der Waals surface area contributed by atoms with Gasteiger partial charge in [0.05, 0.1) is 24.9 Å². The number of methoxy groups -OCH3 is 2. The number of hydrogen-bond acceptors (Lipinski definition) is 7. The lowest BCUT2D eigenvalue weighted by Gasteiger charge is -2.18. The fourth-order valence-corrected chi connectivity index (χ4v) is 4.50. The van der Waals surface area contributed by atoms with Crippen LogP contribution in [0.2, 0.25) is 5.02 Å². The van der Waals surface area contributed by atoms with Gasteiger partial charge in [0.15, 0.2) is 5.82 Å². The molecule has 0 saturated heterocycles. The SMILES string of the molecule is COc1cc(OC)c(Cl)c(-c2cc3cnc(N)nc3c(NCC3CCCC3)n2)c1C. The molecule has 1 saturated carbocycles. The number of ether oxygens (including phenoxy) is 2. The standard InChI is InChI=1S/C22H26ClN5O2/c1-12-16(29-2)9-17(30-3)19(23)18(12)15-8-14-11-26-22(24)28-20(14)21(27-15)25-10-13-6-4-5-7-13/h8-9,11,13H,4-7,10H2,1-3H3,(H,25,27)(H2,24,26,28). The van der Waals surface area contributed by atoms with Crippen LogP contribution in [0.25, 0.3) is 22.2 Å². The van der Waals surface area contributed by atoms with Gasteiger partial charge in [-0.1, -0.05) is 24.4 Å². The molecule has 8 heteroatoms. The first-order valence-electron chi connectivity index (χ1n) is 10.1. The molecular weight excluding hydrogens is 402 g/mol. The van der Waals surface area contributed by atoms with Gasteiger partial charge in [0.25, 0.3) is 0 Å². The molecule has 158 valence electrons. The summed E-state index contributed by atoms with van der Waals surface area (Å²) >= 11 is 6.69. The predicted molar refractivity (Wildman–Crippen MR) is 120 cm³/mol. The fourth-order valence-electron chi connectivity index (χ4n) is 4.13. The normalized spacial score (nSPS) is 14.3. The summed E-state index contributed by atoms with van der Waals surface area (Å²) in [6, 6.07) is 3.70. The zero-order valence-electron chi connectivity index (χ0n) is 17.5. The average Bonchev–Trinajstić information content (AvgIpc) is 3.26. The summed E-state index contributed by atoms with van der Waals surface area (Å²) in [6.07, 6.45) is 6.76. The Morgan fingerprint density at radius 3 is 2.57 bits per heavy atom. The Kier molecular flexibility index (Phi) is 5.81. The Labute approximate surface area is 181 Å². The van der Waals surface area contributed by atoms with E-state index in [0.717, 1.165) is 23.1 Å². The number of benzene rings is 1. The molecule has 3 N–H and O–H groups in total. The molecule has 1 aromatic carbocycles. The van der Waals surface area contributed by atoms with E-state index in [1.165, 1.54) is 25.7 Å². The minimum atomic E-state index is 0.221. The second-order valence-corrected chi connectivity index (χ2v) is 8.03. The topological polar surface area (TPSA) is 95.2 Å². The van der Waals surface area contributed by atoms with Crippen molar-refractivity contribution < 1.29 is 9.47 Å². The molecule has 3 aromatic rings. The summed E-state index contributed by atoms with van der Waals surface area (Å²) < 4.78 is 11.0. The average molecular weight is 428 g/mol. The maximum Gasteiger partial charge on any atom is 0.220 e. The fraction of sp³-hybridized carbons (Fsp3) is 0.409. The summed E-state index contributed by atoms with van der Waals surface area (Å²) in [5.41, 5.74) is 8.90. The van der Waals surface area contributed by atoms with Crippen molar-refractivity contribution >= 4 is 34.3 Å². The Bertz CT molecular complexity index is 1050. The van der Waals surface area contributed by atoms with Crippen LogP contribution in [0.3, 0.4) is 0 Å². The van der Waals surface area contributed by atoms with E-state index in [9.17, 15) is 0 Å². The maximum atomic E-state index is 6.69. The van der Waals surface area contributed by atoms with Crippen LogP contribution in [0, 0.1) is 12.8 Å². The van der Waals surface area contributed by atoms with Gasteiger partial charge < -0.3 is 20.5 Å². The highest BCUT2D eigenvalue weighted by Gasteiger charge is 2.21. The highest BCUT2D eigenvalue weighted by molar-refractivity contribution is 6.35. The van der Waals surface area contributed by atoms with Crippen molar-refractivity contribution in [1.82, 2.24) is 15.0 Å². The summed E-state index contributed by atoms with van der Waals surface area (Å²) in [4.78, 5) is 13.5. The van der Waals surface area contributed by atoms with Gasteiger partial charge in [-0.3, -0.25) is 0 Å². The van der Waals surface area contributed by atoms with Crippen LogP contribution < -0.4 is 20.5 Å². The molecule has 0 bridgehead atoms. The van der Waals surface area contributed by atoms with E-state index in [4.69, 9.17) is 31.8 Å². The first kappa shape index (κ1) is 20.5. The lowest BCUT2D eigenvalue weighted by molar-refractivity contribution is 0.393. The second-order valence-electron chi connectivity index (χ2n) is 7.65. The first-order valence-corrected chi connectivity index (χ1v) is 10.5. The molecule has 4 rings (SSSR count). The van der Waals surface area contributed by atoms with E-state index in [2.05, 4.69) is 15.3 Å². The smallest absolute Gasteiger partial charge is 0.220 e. The molecule has 0 atom stereocenters. The van der Waals surface area contributed by atoms with Crippen LogP contribution in [0.1, 0.15) is 31.2 Å². The van der Waals surface area contributed by atoms with Gasteiger partial charge in [-0.25, -0.2) is 15.0 Å². The minimum absolute atomic E-state index is 0.221. The molecule has 0 aliphatic heterocycles. The molecule has 0 radical (unpaired) electrons. The third kappa shape index (κ3) is 3.81. The zero-order chi connectivity index (χ0) is 21.3. The summed E-state index contributed by atoms with van der Waals surface area (Å²) in [5.74, 6) is 2.76. The number of nitrogen functional groups attached to an aromatic ring is 1. The van der Waals surface area contributed by atoms with Gasteiger partial charge >= 0.3 is 0 Å². The quantitative estimate of drug-likeness (QED) is 0.580. The molecule has 7 nitrogen and oxygen atoms in total. The van der Waals surface area contributed by atoms with E-state index in [0.29, 0.717) is 39.5 Å². The molecule has 1 aliphatic rings. The number of nitrogens with zero attached hydrogens (tertiary/aromatic N) is 3. The van der Waals surface area contributed by atoms with Crippen LogP contribution in [0.5, 0.6) is 11.5 Å². The van der Waals surface area contributed by atoms with Crippen molar-refractivity contribution in [2.24, 2.45) is 5.92 Å². The minimum Gasteiger partial charge on any atom is -0.496 e. The number of hydrogen-bond donors (Lipinski definition) is 2. The molecule has 0 unspecified atom stereocenters. The number of fused-ring (bicyclic) bond motifs is 1. The number of anilines is 2. The molecule has 30 heavy (non-hydrogen) atoms. The Hall–Kier alpha value is -2.80. The van der Waals surface area contributed by atoms with Crippen molar-refractivity contribution in [2.45, 2.75) is 32.6 Å². The van der Waals surface area contributed by atoms with Gasteiger partial charge in [-0.05, 0) is 31.7 Å². The van der Waals surface area contributed by atoms with Crippen LogP contribution >= 0.6 is 11.6 Å². The third-order valence-corrected chi connectivity index (χ3v) is 6.13. The van der Waals surface area contributed by atoms with Crippen molar-refractivity contribution in [2.75, 3.05) is 31.8 Å². The Morgan fingerprint density at radius 2 is 1.87 bits per heavy atom. The van der Waals surface area contributed by atoms with Gasteiger partial charge in [0, 0.05) is 35.3 Å². The molecule has 0 amide bonds. The number of rotatable bonds is 6. The highest BCUT2D eigenvalue weighted by Crippen LogP contribution is 2.43. The molecule has 2 heterocycles. The van der Waals surface area contributed by atoms with Crippen LogP contribution in [-0.2, 0) is 0 Å². The lowest BCUT2D eigenvalue weighted by atomic mass is 10.0. The number of nitrogens with one attached hydrogen (secondary N) is 1. The lowest BCUT2D eigenvalue weighted by Crippen LogP contribution is -2.13. The van der Waals surface area contributed by atoms with E-state index in [-0.39, 0.29) is 5.95 Å². The maximum absolute atomic E-state index is 6.69. The third-order valence-electron chi connectivity index (χ3n) is 5.76. The first-order chi connectivity index (χ1) is 14.5. The zero-order valence-corrected chi connectivity index (χ0v) is 18.2. The van der Waals surface area contributed by atoms with Crippen molar-refractivity contribution in [3.63, 3.8) is 0 Å². The largest absolute Gasteiger partial charge is 0.496 e. The second kappa shape index (κ2) is 8.52. The summed E-state index contributed by atoms with van der Waals surface area (Å²) in [6.45, 7) is 2.81. The molecular formula is C22H26ClN5O2. The van der Waals surface area contributed by atoms with Crippen LogP contribution in [-0.4, -0.2) is 35.7 Å². The Morgan fingerprint density at radius 1 is 1.13 bits per heavy atom. The van der Waals surface area contributed by atoms with Gasteiger partial charge in [-0.15, -0.1) is 0 Å². The number of pyridine rings is 1. The summed E-state index contributed by atoms with van der Waals surface area (Å²) in [7, 11) is 3.21. The van der Waals surface area contributed by atoms with Crippen LogP contribution in [0.15, 0.2) is 18.3 Å². The van der Waals surface area contributed by atoms with Gasteiger partial charge in [-0.2, -0.15) is 0 Å². The van der Waals surface area contributed by atoms with E-state index in [1.54, 1.807) is 26.5 Å². The van der Waals surface area contributed by atoms with E-state index < -0.39 is 0 Å². The van der Waals surface area contributed by atoms with E-state index in [1.807, 2.05) is 13.0 Å². The summed E-state index contributed by atoms with van der Waals surface area (Å²) in [5, 5.41) is 4.82.